The number of carbonyl (C=O) groups is 1. The Hall–Kier alpha value is -3.48. The van der Waals surface area contributed by atoms with Crippen molar-refractivity contribution in [1.82, 2.24) is 18.8 Å². The highest BCUT2D eigenvalue weighted by atomic mass is 16.5. The highest BCUT2D eigenvalue weighted by Crippen LogP contribution is 2.10. The Morgan fingerprint density at radius 1 is 1.04 bits per heavy atom. The highest BCUT2D eigenvalue weighted by molar-refractivity contribution is 5.87. The molecule has 0 aliphatic carbocycles. The fourth-order valence-corrected chi connectivity index (χ4v) is 2.73. The number of pyridine rings is 2. The number of hydrogen-bond donors (Lipinski definition) is 0. The molecular formula is C19H16N4O3. The Labute approximate surface area is 148 Å². The van der Waals surface area contributed by atoms with Crippen LogP contribution in [0.25, 0.3) is 11.3 Å². The van der Waals surface area contributed by atoms with Crippen LogP contribution in [0.3, 0.4) is 0 Å². The van der Waals surface area contributed by atoms with Crippen LogP contribution in [0.4, 0.5) is 0 Å². The first-order valence-corrected chi connectivity index (χ1v) is 8.11. The van der Waals surface area contributed by atoms with Crippen LogP contribution in [-0.4, -0.2) is 24.7 Å². The van der Waals surface area contributed by atoms with E-state index in [1.54, 1.807) is 22.9 Å². The number of hydrogen-bond acceptors (Lipinski definition) is 5. The normalized spacial score (nSPS) is 11.2. The minimum atomic E-state index is -0.558. The third kappa shape index (κ3) is 2.95. The zero-order valence-electron chi connectivity index (χ0n) is 14.3. The first kappa shape index (κ1) is 16.0. The van der Waals surface area contributed by atoms with Gasteiger partial charge >= 0.3 is 5.97 Å². The Morgan fingerprint density at radius 2 is 1.88 bits per heavy atom. The molecule has 0 aromatic carbocycles. The summed E-state index contributed by atoms with van der Waals surface area (Å²) in [6, 6.07) is 8.80. The molecule has 0 unspecified atom stereocenters. The second-order valence-corrected chi connectivity index (χ2v) is 6.19. The van der Waals surface area contributed by atoms with Crippen LogP contribution in [-0.2, 0) is 11.3 Å². The number of aryl methyl sites for hydroxylation is 2. The number of nitrogens with zero attached hydrogens (tertiary/aromatic N) is 4. The predicted octanol–water partition coefficient (Wildman–Crippen LogP) is 2.32. The predicted molar refractivity (Wildman–Crippen MR) is 95.2 cm³/mol. The van der Waals surface area contributed by atoms with Crippen LogP contribution < -0.4 is 5.56 Å². The van der Waals surface area contributed by atoms with E-state index in [1.165, 1.54) is 10.5 Å². The second kappa shape index (κ2) is 6.11. The monoisotopic (exact) mass is 348 g/mol. The van der Waals surface area contributed by atoms with Crippen LogP contribution in [0.1, 0.15) is 27.3 Å². The Morgan fingerprint density at radius 3 is 2.73 bits per heavy atom. The molecule has 0 radical (unpaired) electrons. The molecular weight excluding hydrogens is 332 g/mol. The van der Waals surface area contributed by atoms with Crippen LogP contribution >= 0.6 is 0 Å². The summed E-state index contributed by atoms with van der Waals surface area (Å²) in [5.41, 5.74) is 3.59. The van der Waals surface area contributed by atoms with E-state index in [1.807, 2.05) is 38.2 Å². The molecule has 0 saturated heterocycles. The van der Waals surface area contributed by atoms with Gasteiger partial charge in [0.05, 0.1) is 5.69 Å². The van der Waals surface area contributed by atoms with Gasteiger partial charge in [-0.15, -0.1) is 0 Å². The van der Waals surface area contributed by atoms with Gasteiger partial charge in [-0.2, -0.15) is 0 Å². The van der Waals surface area contributed by atoms with Crippen LogP contribution in [0, 0.1) is 13.8 Å². The fourth-order valence-electron chi connectivity index (χ4n) is 2.73. The van der Waals surface area contributed by atoms with Crippen molar-refractivity contribution in [3.63, 3.8) is 0 Å². The Bertz CT molecular complexity index is 1210. The molecule has 26 heavy (non-hydrogen) atoms. The van der Waals surface area contributed by atoms with E-state index >= 15 is 0 Å². The topological polar surface area (TPSA) is 78.0 Å². The fraction of sp³-hybridized carbons (Fsp3) is 0.158. The molecule has 4 aromatic heterocycles. The molecule has 4 heterocycles. The summed E-state index contributed by atoms with van der Waals surface area (Å²) in [5, 5.41) is 0. The van der Waals surface area contributed by atoms with Crippen molar-refractivity contribution in [2.45, 2.75) is 20.5 Å². The molecule has 4 aromatic rings. The van der Waals surface area contributed by atoms with Crippen molar-refractivity contribution in [3.8, 4) is 0 Å². The molecule has 0 aliphatic heterocycles. The molecule has 0 saturated carbocycles. The molecule has 7 nitrogen and oxygen atoms in total. The van der Waals surface area contributed by atoms with Gasteiger partial charge in [-0.3, -0.25) is 9.20 Å². The van der Waals surface area contributed by atoms with Crippen LogP contribution in [0.2, 0.25) is 0 Å². The van der Waals surface area contributed by atoms with Gasteiger partial charge in [-0.1, -0.05) is 6.07 Å². The third-order valence-electron chi connectivity index (χ3n) is 4.04. The van der Waals surface area contributed by atoms with Crippen molar-refractivity contribution in [2.24, 2.45) is 0 Å². The van der Waals surface area contributed by atoms with E-state index in [-0.39, 0.29) is 17.9 Å². The van der Waals surface area contributed by atoms with Gasteiger partial charge in [0.1, 0.15) is 17.9 Å². The summed E-state index contributed by atoms with van der Waals surface area (Å²) in [7, 11) is 0. The lowest BCUT2D eigenvalue weighted by atomic mass is 10.3. The van der Waals surface area contributed by atoms with Crippen molar-refractivity contribution in [3.05, 3.63) is 81.8 Å². The SMILES string of the molecule is Cc1ccn2cc(C(=O)OCc3cc(=O)n4cc(C)ccc4n3)nc2c1. The minimum Gasteiger partial charge on any atom is -0.454 e. The largest absolute Gasteiger partial charge is 0.454 e. The molecule has 0 N–H and O–H groups in total. The van der Waals surface area contributed by atoms with E-state index in [2.05, 4.69) is 9.97 Å². The summed E-state index contributed by atoms with van der Waals surface area (Å²) in [6.07, 6.45) is 5.17. The first-order valence-electron chi connectivity index (χ1n) is 8.11. The van der Waals surface area contributed by atoms with Gasteiger partial charge in [0, 0.05) is 24.7 Å². The maximum absolute atomic E-state index is 12.3. The summed E-state index contributed by atoms with van der Waals surface area (Å²) in [4.78, 5) is 33.1. The molecule has 0 aliphatic rings. The summed E-state index contributed by atoms with van der Waals surface area (Å²) in [5.74, 6) is -0.558. The first-order chi connectivity index (χ1) is 12.5. The van der Waals surface area contributed by atoms with Gasteiger partial charge in [-0.25, -0.2) is 14.8 Å². The average molecular weight is 348 g/mol. The highest BCUT2D eigenvalue weighted by Gasteiger charge is 2.13. The number of ether oxygens (including phenoxy) is 1. The third-order valence-corrected chi connectivity index (χ3v) is 4.04. The molecule has 7 heteroatoms. The molecule has 0 bridgehead atoms. The number of aromatic nitrogens is 4. The van der Waals surface area contributed by atoms with Gasteiger partial charge in [0.2, 0.25) is 0 Å². The lowest BCUT2D eigenvalue weighted by Crippen LogP contribution is -2.17. The number of fused-ring (bicyclic) bond motifs is 2. The van der Waals surface area contributed by atoms with E-state index in [9.17, 15) is 9.59 Å². The molecule has 0 atom stereocenters. The maximum atomic E-state index is 12.3. The van der Waals surface area contributed by atoms with E-state index < -0.39 is 5.97 Å². The lowest BCUT2D eigenvalue weighted by molar-refractivity contribution is 0.0461. The smallest absolute Gasteiger partial charge is 0.358 e. The molecule has 130 valence electrons. The number of rotatable bonds is 3. The summed E-state index contributed by atoms with van der Waals surface area (Å²) in [6.45, 7) is 3.77. The number of esters is 1. The van der Waals surface area contributed by atoms with E-state index in [0.29, 0.717) is 17.0 Å². The Balaban J connectivity index is 1.56. The van der Waals surface area contributed by atoms with Crippen molar-refractivity contribution < 1.29 is 9.53 Å². The van der Waals surface area contributed by atoms with Crippen molar-refractivity contribution >= 4 is 17.3 Å². The van der Waals surface area contributed by atoms with Gasteiger partial charge in [0.15, 0.2) is 5.69 Å². The zero-order chi connectivity index (χ0) is 18.3. The summed E-state index contributed by atoms with van der Waals surface area (Å²) < 4.78 is 8.50. The quantitative estimate of drug-likeness (QED) is 0.531. The lowest BCUT2D eigenvalue weighted by Gasteiger charge is -2.05. The van der Waals surface area contributed by atoms with Gasteiger partial charge in [-0.05, 0) is 43.2 Å². The second-order valence-electron chi connectivity index (χ2n) is 6.19. The minimum absolute atomic E-state index is 0.0919. The molecule has 0 amide bonds. The van der Waals surface area contributed by atoms with E-state index in [4.69, 9.17) is 4.74 Å². The standard InChI is InChI=1S/C19H16N4O3/c1-12-5-6-22-10-15(21-17(22)7-12)19(25)26-11-14-8-18(24)23-9-13(2)3-4-16(23)20-14/h3-10H,11H2,1-2H3. The van der Waals surface area contributed by atoms with Gasteiger partial charge < -0.3 is 9.14 Å². The van der Waals surface area contributed by atoms with Gasteiger partial charge in [0.25, 0.3) is 5.56 Å². The average Bonchev–Trinajstić information content (AvgIpc) is 3.03. The number of carbonyl (C=O) groups excluding carboxylic acids is 1. The zero-order valence-corrected chi connectivity index (χ0v) is 14.3. The van der Waals surface area contributed by atoms with Crippen molar-refractivity contribution in [2.75, 3.05) is 0 Å². The van der Waals surface area contributed by atoms with Crippen LogP contribution in [0.5, 0.6) is 0 Å². The maximum Gasteiger partial charge on any atom is 0.358 e. The molecule has 0 fully saturated rings. The Kier molecular flexibility index (Phi) is 3.76. The van der Waals surface area contributed by atoms with Crippen LogP contribution in [0.15, 0.2) is 53.7 Å². The van der Waals surface area contributed by atoms with Crippen molar-refractivity contribution in [1.29, 1.82) is 0 Å². The summed E-state index contributed by atoms with van der Waals surface area (Å²) >= 11 is 0. The molecule has 4 rings (SSSR count). The van der Waals surface area contributed by atoms with E-state index in [0.717, 1.165) is 11.1 Å². The number of imidazole rings is 1. The molecule has 0 spiro atoms.